The number of fused-ring (bicyclic) bond motifs is 1. The van der Waals surface area contributed by atoms with Crippen LogP contribution < -0.4 is 14.8 Å². The molecule has 1 aromatic heterocycles. The third-order valence-corrected chi connectivity index (χ3v) is 5.43. The normalized spacial score (nSPS) is 21.6. The van der Waals surface area contributed by atoms with Crippen LogP contribution in [0.15, 0.2) is 18.2 Å². The predicted octanol–water partition coefficient (Wildman–Crippen LogP) is 3.17. The van der Waals surface area contributed by atoms with Gasteiger partial charge in [-0.2, -0.15) is 0 Å². The van der Waals surface area contributed by atoms with Crippen LogP contribution in [-0.4, -0.2) is 29.3 Å². The Kier molecular flexibility index (Phi) is 3.88. The second-order valence-corrected chi connectivity index (χ2v) is 7.45. The predicted molar refractivity (Wildman–Crippen MR) is 90.9 cm³/mol. The number of benzene rings is 1. The smallest absolute Gasteiger partial charge is 0.229 e. The number of carbonyl (C=O) groups excluding carboxylic acids is 1. The van der Waals surface area contributed by atoms with Crippen LogP contribution in [0, 0.1) is 5.92 Å². The van der Waals surface area contributed by atoms with Crippen LogP contribution in [0.5, 0.6) is 11.5 Å². The number of hydrogen-bond acceptors (Lipinski definition) is 6. The molecule has 1 amide bonds. The quantitative estimate of drug-likeness (QED) is 0.921. The van der Waals surface area contributed by atoms with Gasteiger partial charge in [-0.25, -0.2) is 0 Å². The molecular weight excluding hydrogens is 326 g/mol. The zero-order valence-electron chi connectivity index (χ0n) is 13.6. The van der Waals surface area contributed by atoms with Gasteiger partial charge in [-0.3, -0.25) is 4.79 Å². The summed E-state index contributed by atoms with van der Waals surface area (Å²) in [5, 5.41) is 12.5. The second-order valence-electron chi connectivity index (χ2n) is 6.44. The number of aromatic nitrogens is 2. The lowest BCUT2D eigenvalue weighted by atomic mass is 10.1. The highest BCUT2D eigenvalue weighted by Gasteiger charge is 2.44. The van der Waals surface area contributed by atoms with E-state index in [0.717, 1.165) is 28.5 Å². The number of amides is 1. The molecule has 0 saturated heterocycles. The Bertz CT molecular complexity index is 774. The molecule has 2 aromatic rings. The zero-order chi connectivity index (χ0) is 16.7. The van der Waals surface area contributed by atoms with Crippen LogP contribution in [0.2, 0.25) is 0 Å². The lowest BCUT2D eigenvalue weighted by Gasteiger charge is -2.18. The highest BCUT2D eigenvalue weighted by atomic mass is 32.1. The van der Waals surface area contributed by atoms with Crippen molar-refractivity contribution in [2.75, 3.05) is 18.5 Å². The number of hydrogen-bond donors (Lipinski definition) is 1. The summed E-state index contributed by atoms with van der Waals surface area (Å²) in [7, 11) is 0. The summed E-state index contributed by atoms with van der Waals surface area (Å²) in [6.07, 6.45) is 0.849. The molecular formula is C17H19N3O3S. The Labute approximate surface area is 144 Å². The monoisotopic (exact) mass is 345 g/mol. The molecule has 2 atom stereocenters. The molecule has 0 bridgehead atoms. The van der Waals surface area contributed by atoms with E-state index in [1.807, 2.05) is 18.2 Å². The highest BCUT2D eigenvalue weighted by Crippen LogP contribution is 2.49. The number of nitrogens with one attached hydrogen (secondary N) is 1. The van der Waals surface area contributed by atoms with Gasteiger partial charge in [0.2, 0.25) is 11.0 Å². The standard InChI is InChI=1S/C17H19N3O3S/c1-9(2)16-19-20-17(24-16)18-15(21)12-8-11(12)10-3-4-13-14(7-10)23-6-5-22-13/h3-4,7,9,11-12H,5-6,8H2,1-2H3,(H,18,20,21). The zero-order valence-corrected chi connectivity index (χ0v) is 14.4. The van der Waals surface area contributed by atoms with Crippen LogP contribution in [0.4, 0.5) is 5.13 Å². The van der Waals surface area contributed by atoms with Crippen molar-refractivity contribution in [1.29, 1.82) is 0 Å². The first-order valence-electron chi connectivity index (χ1n) is 8.15. The maximum absolute atomic E-state index is 12.4. The summed E-state index contributed by atoms with van der Waals surface area (Å²) in [6, 6.07) is 5.94. The van der Waals surface area contributed by atoms with Gasteiger partial charge in [-0.1, -0.05) is 31.3 Å². The van der Waals surface area contributed by atoms with Crippen LogP contribution in [0.3, 0.4) is 0 Å². The third kappa shape index (κ3) is 2.96. The molecule has 126 valence electrons. The average molecular weight is 345 g/mol. The molecule has 1 fully saturated rings. The summed E-state index contributed by atoms with van der Waals surface area (Å²) in [6.45, 7) is 5.27. The van der Waals surface area contributed by atoms with Crippen molar-refractivity contribution in [3.05, 3.63) is 28.8 Å². The number of carbonyl (C=O) groups is 1. The van der Waals surface area contributed by atoms with Gasteiger partial charge in [0, 0.05) is 11.8 Å². The second kappa shape index (κ2) is 6.05. The van der Waals surface area contributed by atoms with E-state index in [9.17, 15) is 4.79 Å². The van der Waals surface area contributed by atoms with Crippen molar-refractivity contribution >= 4 is 22.4 Å². The van der Waals surface area contributed by atoms with Crippen molar-refractivity contribution in [3.8, 4) is 11.5 Å². The molecule has 1 aliphatic heterocycles. The first kappa shape index (κ1) is 15.4. The van der Waals surface area contributed by atoms with Crippen molar-refractivity contribution in [1.82, 2.24) is 10.2 Å². The first-order valence-corrected chi connectivity index (χ1v) is 8.97. The molecule has 1 aromatic carbocycles. The van der Waals surface area contributed by atoms with Crippen LogP contribution in [-0.2, 0) is 4.79 Å². The van der Waals surface area contributed by atoms with Gasteiger partial charge >= 0.3 is 0 Å². The first-order chi connectivity index (χ1) is 11.6. The van der Waals surface area contributed by atoms with Crippen molar-refractivity contribution in [3.63, 3.8) is 0 Å². The topological polar surface area (TPSA) is 73.3 Å². The van der Waals surface area contributed by atoms with Gasteiger partial charge in [0.1, 0.15) is 18.2 Å². The van der Waals surface area contributed by atoms with E-state index < -0.39 is 0 Å². The maximum atomic E-state index is 12.4. The van der Waals surface area contributed by atoms with Crippen LogP contribution in [0.1, 0.15) is 42.7 Å². The number of nitrogens with zero attached hydrogens (tertiary/aromatic N) is 2. The Hall–Kier alpha value is -2.15. The van der Waals surface area contributed by atoms with Gasteiger partial charge in [-0.15, -0.1) is 10.2 Å². The molecule has 1 saturated carbocycles. The van der Waals surface area contributed by atoms with Crippen molar-refractivity contribution in [2.24, 2.45) is 5.92 Å². The SMILES string of the molecule is CC(C)c1nnc(NC(=O)C2CC2c2ccc3c(c2)OCCO3)s1. The van der Waals surface area contributed by atoms with E-state index in [1.54, 1.807) is 0 Å². The van der Waals surface area contributed by atoms with Crippen LogP contribution >= 0.6 is 11.3 Å². The maximum Gasteiger partial charge on any atom is 0.229 e. The van der Waals surface area contributed by atoms with E-state index in [2.05, 4.69) is 29.4 Å². The number of rotatable bonds is 4. The number of ether oxygens (including phenoxy) is 2. The molecule has 1 aliphatic carbocycles. The third-order valence-electron chi connectivity index (χ3n) is 4.29. The Morgan fingerprint density at radius 2 is 2.04 bits per heavy atom. The van der Waals surface area contributed by atoms with Crippen molar-refractivity contribution in [2.45, 2.75) is 32.1 Å². The molecule has 1 N–H and O–H groups in total. The van der Waals surface area contributed by atoms with Gasteiger partial charge < -0.3 is 14.8 Å². The summed E-state index contributed by atoms with van der Waals surface area (Å²) in [4.78, 5) is 12.4. The van der Waals surface area contributed by atoms with Gasteiger partial charge in [0.05, 0.1) is 0 Å². The molecule has 7 heteroatoms. The van der Waals surface area contributed by atoms with Gasteiger partial charge in [0.25, 0.3) is 0 Å². The summed E-state index contributed by atoms with van der Waals surface area (Å²) in [5.41, 5.74) is 1.12. The minimum atomic E-state index is -0.0149. The van der Waals surface area contributed by atoms with E-state index in [0.29, 0.717) is 24.3 Å². The Balaban J connectivity index is 1.41. The molecule has 2 aliphatic rings. The largest absolute Gasteiger partial charge is 0.486 e. The Morgan fingerprint density at radius 1 is 1.25 bits per heavy atom. The highest BCUT2D eigenvalue weighted by molar-refractivity contribution is 7.15. The minimum Gasteiger partial charge on any atom is -0.486 e. The fraction of sp³-hybridized carbons (Fsp3) is 0.471. The molecule has 2 heterocycles. The summed E-state index contributed by atoms with van der Waals surface area (Å²) >= 11 is 1.44. The Morgan fingerprint density at radius 3 is 2.79 bits per heavy atom. The fourth-order valence-electron chi connectivity index (χ4n) is 2.86. The molecule has 24 heavy (non-hydrogen) atoms. The molecule has 0 radical (unpaired) electrons. The molecule has 0 spiro atoms. The molecule has 2 unspecified atom stereocenters. The minimum absolute atomic E-state index is 0.0149. The lowest BCUT2D eigenvalue weighted by Crippen LogP contribution is -2.16. The van der Waals surface area contributed by atoms with E-state index in [4.69, 9.17) is 9.47 Å². The van der Waals surface area contributed by atoms with Crippen molar-refractivity contribution < 1.29 is 14.3 Å². The summed E-state index contributed by atoms with van der Waals surface area (Å²) in [5.74, 6) is 2.11. The van der Waals surface area contributed by atoms with E-state index >= 15 is 0 Å². The fourth-order valence-corrected chi connectivity index (χ4v) is 3.61. The lowest BCUT2D eigenvalue weighted by molar-refractivity contribution is -0.117. The van der Waals surface area contributed by atoms with Crippen LogP contribution in [0.25, 0.3) is 0 Å². The van der Waals surface area contributed by atoms with E-state index in [-0.39, 0.29) is 17.7 Å². The molecule has 6 nitrogen and oxygen atoms in total. The average Bonchev–Trinajstić information content (AvgIpc) is 3.26. The van der Waals surface area contributed by atoms with Gasteiger partial charge in [0.15, 0.2) is 11.5 Å². The number of anilines is 1. The summed E-state index contributed by atoms with van der Waals surface area (Å²) < 4.78 is 11.2. The molecule has 4 rings (SSSR count). The van der Waals surface area contributed by atoms with Gasteiger partial charge in [-0.05, 0) is 30.0 Å². The van der Waals surface area contributed by atoms with E-state index in [1.165, 1.54) is 11.3 Å².